The van der Waals surface area contributed by atoms with Crippen molar-refractivity contribution in [2.24, 2.45) is 5.73 Å². The molecule has 3 N–H and O–H groups in total. The van der Waals surface area contributed by atoms with Gasteiger partial charge in [-0.15, -0.1) is 0 Å². The van der Waals surface area contributed by atoms with Crippen molar-refractivity contribution in [2.75, 3.05) is 32.1 Å². The Kier molecular flexibility index (Phi) is 6.08. The van der Waals surface area contributed by atoms with E-state index < -0.39 is 0 Å². The van der Waals surface area contributed by atoms with Crippen LogP contribution >= 0.6 is 0 Å². The second kappa shape index (κ2) is 8.68. The van der Waals surface area contributed by atoms with Gasteiger partial charge < -0.3 is 20.7 Å². The molecule has 0 bridgehead atoms. The van der Waals surface area contributed by atoms with Crippen LogP contribution in [0.2, 0.25) is 0 Å². The zero-order valence-electron chi connectivity index (χ0n) is 15.4. The lowest BCUT2D eigenvalue weighted by molar-refractivity contribution is -0.132. The van der Waals surface area contributed by atoms with Gasteiger partial charge in [0.15, 0.2) is 0 Å². The zero-order chi connectivity index (χ0) is 19.2. The first-order valence-electron chi connectivity index (χ1n) is 9.09. The average Bonchev–Trinajstić information content (AvgIpc) is 3.16. The fourth-order valence-corrected chi connectivity index (χ4v) is 3.36. The molecule has 0 spiro atoms. The normalized spacial score (nSPS) is 14.8. The number of methoxy groups -OCH3 is 1. The Morgan fingerprint density at radius 2 is 2.00 bits per heavy atom. The quantitative estimate of drug-likeness (QED) is 0.804. The Morgan fingerprint density at radius 1 is 1.26 bits per heavy atom. The number of carbonyl (C=O) groups is 2. The van der Waals surface area contributed by atoms with Gasteiger partial charge in [-0.2, -0.15) is 5.10 Å². The van der Waals surface area contributed by atoms with Crippen molar-refractivity contribution in [1.29, 1.82) is 0 Å². The van der Waals surface area contributed by atoms with Crippen molar-refractivity contribution in [2.45, 2.75) is 25.3 Å². The van der Waals surface area contributed by atoms with Crippen LogP contribution in [0.5, 0.6) is 5.75 Å². The number of anilines is 1. The molecule has 144 valence electrons. The van der Waals surface area contributed by atoms with Gasteiger partial charge in [0, 0.05) is 32.1 Å². The van der Waals surface area contributed by atoms with Crippen LogP contribution in [0.3, 0.4) is 0 Å². The number of nitrogens with one attached hydrogen (secondary N) is 1. The number of rotatable bonds is 6. The molecule has 3 rings (SSSR count). The van der Waals surface area contributed by atoms with Gasteiger partial charge in [0.25, 0.3) is 5.91 Å². The standard InChI is InChI=1S/C19H25N5O3/c1-27-16-5-3-2-4-15(16)19(26)22-17-7-11-21-24(17)14-8-12-23(13-9-14)18(25)6-10-20/h2-5,7,11,14H,6,8-10,12-13,20H2,1H3,(H,22,26). The summed E-state index contributed by atoms with van der Waals surface area (Å²) in [5.74, 6) is 1.01. The molecule has 1 aromatic heterocycles. The van der Waals surface area contributed by atoms with E-state index in [1.807, 2.05) is 15.6 Å². The number of nitrogens with two attached hydrogens (primary N) is 1. The summed E-state index contributed by atoms with van der Waals surface area (Å²) in [5, 5.41) is 7.30. The summed E-state index contributed by atoms with van der Waals surface area (Å²) < 4.78 is 7.09. The Bertz CT molecular complexity index is 796. The second-order valence-electron chi connectivity index (χ2n) is 6.47. The van der Waals surface area contributed by atoms with E-state index in [-0.39, 0.29) is 17.9 Å². The van der Waals surface area contributed by atoms with E-state index in [0.29, 0.717) is 43.2 Å². The molecule has 27 heavy (non-hydrogen) atoms. The summed E-state index contributed by atoms with van der Waals surface area (Å²) in [7, 11) is 1.54. The minimum atomic E-state index is -0.246. The number of aromatic nitrogens is 2. The van der Waals surface area contributed by atoms with Gasteiger partial charge in [0.2, 0.25) is 5.91 Å². The Hall–Kier alpha value is -2.87. The number of hydrogen-bond acceptors (Lipinski definition) is 5. The fraction of sp³-hybridized carbons (Fsp3) is 0.421. The SMILES string of the molecule is COc1ccccc1C(=O)Nc1ccnn1C1CCN(C(=O)CCN)CC1. The van der Waals surface area contributed by atoms with E-state index in [9.17, 15) is 9.59 Å². The molecule has 0 atom stereocenters. The van der Waals surface area contributed by atoms with E-state index in [0.717, 1.165) is 12.8 Å². The molecule has 0 radical (unpaired) electrons. The summed E-state index contributed by atoms with van der Waals surface area (Å²) >= 11 is 0. The summed E-state index contributed by atoms with van der Waals surface area (Å²) in [4.78, 5) is 26.5. The lowest BCUT2D eigenvalue weighted by atomic mass is 10.0. The van der Waals surface area contributed by atoms with E-state index in [1.54, 1.807) is 30.5 Å². The van der Waals surface area contributed by atoms with Crippen LogP contribution in [-0.2, 0) is 4.79 Å². The molecule has 1 aliphatic heterocycles. The average molecular weight is 371 g/mol. The van der Waals surface area contributed by atoms with Crippen LogP contribution in [0.4, 0.5) is 5.82 Å². The third kappa shape index (κ3) is 4.28. The highest BCUT2D eigenvalue weighted by molar-refractivity contribution is 6.05. The molecule has 2 heterocycles. The molecule has 1 saturated heterocycles. The highest BCUT2D eigenvalue weighted by Gasteiger charge is 2.25. The van der Waals surface area contributed by atoms with Gasteiger partial charge in [-0.1, -0.05) is 12.1 Å². The second-order valence-corrected chi connectivity index (χ2v) is 6.47. The van der Waals surface area contributed by atoms with E-state index >= 15 is 0 Å². The molecule has 1 fully saturated rings. The lowest BCUT2D eigenvalue weighted by Gasteiger charge is -2.32. The smallest absolute Gasteiger partial charge is 0.260 e. The number of likely N-dealkylation sites (tertiary alicyclic amines) is 1. The minimum absolute atomic E-state index is 0.0983. The van der Waals surface area contributed by atoms with Crippen LogP contribution in [0, 0.1) is 0 Å². The molecular formula is C19H25N5O3. The number of amides is 2. The zero-order valence-corrected chi connectivity index (χ0v) is 15.4. The van der Waals surface area contributed by atoms with E-state index in [1.165, 1.54) is 7.11 Å². The molecule has 2 aromatic rings. The first kappa shape index (κ1) is 18.9. The van der Waals surface area contributed by atoms with Crippen LogP contribution in [0.1, 0.15) is 35.7 Å². The summed E-state index contributed by atoms with van der Waals surface area (Å²) in [6.07, 6.45) is 3.63. The van der Waals surface area contributed by atoms with Gasteiger partial charge in [-0.05, 0) is 25.0 Å². The molecule has 0 saturated carbocycles. The van der Waals surface area contributed by atoms with E-state index in [2.05, 4.69) is 10.4 Å². The fourth-order valence-electron chi connectivity index (χ4n) is 3.36. The molecular weight excluding hydrogens is 346 g/mol. The Labute approximate surface area is 158 Å². The van der Waals surface area contributed by atoms with Gasteiger partial charge in [0.05, 0.1) is 24.9 Å². The van der Waals surface area contributed by atoms with Gasteiger partial charge in [-0.3, -0.25) is 9.59 Å². The number of carbonyl (C=O) groups excluding carboxylic acids is 2. The maximum Gasteiger partial charge on any atom is 0.260 e. The molecule has 8 heteroatoms. The summed E-state index contributed by atoms with van der Waals surface area (Å²) in [6.45, 7) is 1.71. The molecule has 2 amide bonds. The number of piperidine rings is 1. The molecule has 1 aromatic carbocycles. The van der Waals surface area contributed by atoms with Crippen molar-refractivity contribution in [1.82, 2.24) is 14.7 Å². The van der Waals surface area contributed by atoms with Crippen molar-refractivity contribution in [3.63, 3.8) is 0 Å². The largest absolute Gasteiger partial charge is 0.496 e. The van der Waals surface area contributed by atoms with Crippen LogP contribution in [0.15, 0.2) is 36.5 Å². The number of hydrogen-bond donors (Lipinski definition) is 2. The number of para-hydroxylation sites is 1. The maximum atomic E-state index is 12.6. The number of ether oxygens (including phenoxy) is 1. The van der Waals surface area contributed by atoms with Gasteiger partial charge in [0.1, 0.15) is 11.6 Å². The van der Waals surface area contributed by atoms with Crippen molar-refractivity contribution < 1.29 is 14.3 Å². The highest BCUT2D eigenvalue weighted by atomic mass is 16.5. The third-order valence-corrected chi connectivity index (χ3v) is 4.78. The predicted octanol–water partition coefficient (Wildman–Crippen LogP) is 1.66. The topological polar surface area (TPSA) is 102 Å². The van der Waals surface area contributed by atoms with Crippen LogP contribution in [0.25, 0.3) is 0 Å². The third-order valence-electron chi connectivity index (χ3n) is 4.78. The van der Waals surface area contributed by atoms with Crippen LogP contribution < -0.4 is 15.8 Å². The van der Waals surface area contributed by atoms with Crippen molar-refractivity contribution >= 4 is 17.6 Å². The molecule has 0 aliphatic carbocycles. The van der Waals surface area contributed by atoms with Gasteiger partial charge >= 0.3 is 0 Å². The Balaban J connectivity index is 1.66. The van der Waals surface area contributed by atoms with Crippen molar-refractivity contribution in [3.8, 4) is 5.75 Å². The molecule has 0 unspecified atom stereocenters. The Morgan fingerprint density at radius 3 is 2.70 bits per heavy atom. The predicted molar refractivity (Wildman–Crippen MR) is 102 cm³/mol. The summed E-state index contributed by atoms with van der Waals surface area (Å²) in [5.41, 5.74) is 5.93. The highest BCUT2D eigenvalue weighted by Crippen LogP contribution is 2.26. The monoisotopic (exact) mass is 371 g/mol. The molecule has 1 aliphatic rings. The minimum Gasteiger partial charge on any atom is -0.496 e. The summed E-state index contributed by atoms with van der Waals surface area (Å²) in [6, 6.07) is 8.99. The number of nitrogens with zero attached hydrogens (tertiary/aromatic N) is 3. The first-order valence-corrected chi connectivity index (χ1v) is 9.09. The van der Waals surface area contributed by atoms with E-state index in [4.69, 9.17) is 10.5 Å². The maximum absolute atomic E-state index is 12.6. The van der Waals surface area contributed by atoms with Crippen molar-refractivity contribution in [3.05, 3.63) is 42.1 Å². The molecule has 8 nitrogen and oxygen atoms in total. The van der Waals surface area contributed by atoms with Crippen LogP contribution in [-0.4, -0.2) is 53.2 Å². The first-order chi connectivity index (χ1) is 13.1. The number of benzene rings is 1. The lowest BCUT2D eigenvalue weighted by Crippen LogP contribution is -2.40. The van der Waals surface area contributed by atoms with Gasteiger partial charge in [-0.25, -0.2) is 4.68 Å².